The Morgan fingerprint density at radius 1 is 1.21 bits per heavy atom. The van der Waals surface area contributed by atoms with Crippen molar-refractivity contribution in [2.24, 2.45) is 0 Å². The molecule has 0 saturated heterocycles. The summed E-state index contributed by atoms with van der Waals surface area (Å²) in [6, 6.07) is 4.08. The number of aromatic nitrogens is 4. The van der Waals surface area contributed by atoms with Gasteiger partial charge in [0.15, 0.2) is 23.1 Å². The van der Waals surface area contributed by atoms with Crippen LogP contribution in [0.3, 0.4) is 0 Å². The molecule has 0 fully saturated rings. The summed E-state index contributed by atoms with van der Waals surface area (Å²) >= 11 is 0. The molecule has 2 aromatic heterocycles. The number of hydrogen-bond acceptors (Lipinski definition) is 7. The van der Waals surface area contributed by atoms with Gasteiger partial charge < -0.3 is 15.2 Å². The molecule has 0 radical (unpaired) electrons. The fraction of sp³-hybridized carbons (Fsp3) is 0.118. The van der Waals surface area contributed by atoms with Crippen LogP contribution in [0.4, 0.5) is 14.5 Å². The number of rotatable bonds is 5. The Morgan fingerprint density at radius 3 is 2.61 bits per heavy atom. The Morgan fingerprint density at radius 2 is 1.96 bits per heavy atom. The molecule has 3 aromatic rings. The van der Waals surface area contributed by atoms with Crippen molar-refractivity contribution in [2.75, 3.05) is 12.4 Å². The summed E-state index contributed by atoms with van der Waals surface area (Å²) in [6.07, 6.45) is 3.02. The first-order valence-corrected chi connectivity index (χ1v) is 7.80. The minimum atomic E-state index is -1.26. The van der Waals surface area contributed by atoms with E-state index in [1.165, 1.54) is 22.9 Å². The molecule has 0 aliphatic carbocycles. The summed E-state index contributed by atoms with van der Waals surface area (Å²) < 4.78 is 32.9. The first-order valence-electron chi connectivity index (χ1n) is 7.80. The molecule has 11 heteroatoms. The van der Waals surface area contributed by atoms with Gasteiger partial charge in [-0.1, -0.05) is 0 Å². The van der Waals surface area contributed by atoms with Crippen molar-refractivity contribution in [3.63, 3.8) is 0 Å². The summed E-state index contributed by atoms with van der Waals surface area (Å²) in [5, 5.41) is 19.1. The predicted molar refractivity (Wildman–Crippen MR) is 90.7 cm³/mol. The molecule has 1 amide bonds. The van der Waals surface area contributed by atoms with Crippen LogP contribution in [0.5, 0.6) is 0 Å². The number of aliphatic hydroxyl groups excluding tert-OH is 1. The molecule has 0 atom stereocenters. The average molecular weight is 389 g/mol. The molecule has 144 valence electrons. The van der Waals surface area contributed by atoms with Gasteiger partial charge in [0.05, 0.1) is 18.4 Å². The number of methoxy groups -OCH3 is 1. The van der Waals surface area contributed by atoms with Crippen molar-refractivity contribution in [3.05, 3.63) is 65.4 Å². The molecule has 0 spiro atoms. The van der Waals surface area contributed by atoms with Crippen molar-refractivity contribution in [3.8, 4) is 5.82 Å². The highest BCUT2D eigenvalue weighted by molar-refractivity contribution is 6.07. The number of nitrogens with zero attached hydrogens (tertiary/aromatic N) is 4. The third-order valence-corrected chi connectivity index (χ3v) is 3.70. The maximum absolute atomic E-state index is 13.5. The monoisotopic (exact) mass is 389 g/mol. The molecule has 1 aromatic carbocycles. The second kappa shape index (κ2) is 7.88. The van der Waals surface area contributed by atoms with Crippen LogP contribution >= 0.6 is 0 Å². The van der Waals surface area contributed by atoms with Gasteiger partial charge in [0.2, 0.25) is 0 Å². The minimum absolute atomic E-state index is 0.144. The maximum Gasteiger partial charge on any atom is 0.340 e. The highest BCUT2D eigenvalue weighted by atomic mass is 19.2. The molecule has 2 N–H and O–H groups in total. The Balaban J connectivity index is 1.86. The Bertz CT molecular complexity index is 1040. The van der Waals surface area contributed by atoms with Crippen molar-refractivity contribution in [1.29, 1.82) is 0 Å². The third kappa shape index (κ3) is 3.69. The van der Waals surface area contributed by atoms with E-state index in [0.717, 1.165) is 7.11 Å². The lowest BCUT2D eigenvalue weighted by Crippen LogP contribution is -2.18. The zero-order valence-electron chi connectivity index (χ0n) is 14.4. The van der Waals surface area contributed by atoms with Crippen LogP contribution in [0.25, 0.3) is 5.82 Å². The van der Waals surface area contributed by atoms with Gasteiger partial charge in [-0.05, 0) is 18.2 Å². The molecular weight excluding hydrogens is 376 g/mol. The number of halogens is 2. The molecule has 0 aliphatic rings. The lowest BCUT2D eigenvalue weighted by Gasteiger charge is -2.10. The molecule has 9 nitrogen and oxygen atoms in total. The SMILES string of the molecule is COC(=O)c1cc(F)c(F)cc1NC(=O)c1ccc(-n2ccnc2CO)nn1. The molecule has 3 rings (SSSR count). The van der Waals surface area contributed by atoms with E-state index < -0.39 is 23.5 Å². The summed E-state index contributed by atoms with van der Waals surface area (Å²) in [5.74, 6) is -3.63. The quantitative estimate of drug-likeness (QED) is 0.634. The maximum atomic E-state index is 13.5. The molecule has 0 aliphatic heterocycles. The summed E-state index contributed by atoms with van der Waals surface area (Å²) in [5.41, 5.74) is -0.779. The fourth-order valence-corrected chi connectivity index (χ4v) is 2.35. The number of esters is 1. The lowest BCUT2D eigenvalue weighted by molar-refractivity contribution is 0.0601. The van der Waals surface area contributed by atoms with Crippen LogP contribution in [0.2, 0.25) is 0 Å². The highest BCUT2D eigenvalue weighted by Crippen LogP contribution is 2.21. The first kappa shape index (κ1) is 19.0. The van der Waals surface area contributed by atoms with E-state index >= 15 is 0 Å². The largest absolute Gasteiger partial charge is 0.465 e. The number of amides is 1. The summed E-state index contributed by atoms with van der Waals surface area (Å²) in [6.45, 7) is -0.316. The van der Waals surface area contributed by atoms with Gasteiger partial charge >= 0.3 is 5.97 Å². The number of hydrogen-bond donors (Lipinski definition) is 2. The van der Waals surface area contributed by atoms with Crippen LogP contribution in [0.1, 0.15) is 26.7 Å². The van der Waals surface area contributed by atoms with Gasteiger partial charge in [-0.3, -0.25) is 9.36 Å². The molecular formula is C17H13F2N5O4. The molecule has 0 unspecified atom stereocenters. The summed E-state index contributed by atoms with van der Waals surface area (Å²) in [4.78, 5) is 28.0. The van der Waals surface area contributed by atoms with Crippen molar-refractivity contribution in [1.82, 2.24) is 19.7 Å². The topological polar surface area (TPSA) is 119 Å². The number of aliphatic hydroxyl groups is 1. The Labute approximate surface area is 156 Å². The van der Waals surface area contributed by atoms with E-state index in [1.807, 2.05) is 0 Å². The minimum Gasteiger partial charge on any atom is -0.465 e. The van der Waals surface area contributed by atoms with Crippen LogP contribution < -0.4 is 5.32 Å². The van der Waals surface area contributed by atoms with E-state index in [0.29, 0.717) is 23.8 Å². The van der Waals surface area contributed by atoms with E-state index in [-0.39, 0.29) is 23.6 Å². The number of anilines is 1. The van der Waals surface area contributed by atoms with Gasteiger partial charge in [0.25, 0.3) is 5.91 Å². The molecule has 2 heterocycles. The average Bonchev–Trinajstić information content (AvgIpc) is 3.19. The second-order valence-electron chi connectivity index (χ2n) is 5.41. The van der Waals surface area contributed by atoms with E-state index in [4.69, 9.17) is 0 Å². The molecule has 0 saturated carbocycles. The van der Waals surface area contributed by atoms with E-state index in [2.05, 4.69) is 25.2 Å². The standard InChI is InChI=1S/C17H13F2N5O4/c1-28-17(27)9-6-10(18)11(19)7-13(9)21-16(26)12-2-3-14(23-22-12)24-5-4-20-15(24)8-25/h2-7,25H,8H2,1H3,(H,21,26). The number of imidazole rings is 1. The molecule has 0 bridgehead atoms. The smallest absolute Gasteiger partial charge is 0.340 e. The second-order valence-corrected chi connectivity index (χ2v) is 5.41. The number of carbonyl (C=O) groups is 2. The number of carbonyl (C=O) groups excluding carboxylic acids is 2. The highest BCUT2D eigenvalue weighted by Gasteiger charge is 2.19. The van der Waals surface area contributed by atoms with Gasteiger partial charge in [0, 0.05) is 18.5 Å². The first-order chi connectivity index (χ1) is 13.4. The van der Waals surface area contributed by atoms with Gasteiger partial charge in [0.1, 0.15) is 12.4 Å². The van der Waals surface area contributed by atoms with Crippen molar-refractivity contribution in [2.45, 2.75) is 6.61 Å². The number of benzene rings is 1. The van der Waals surface area contributed by atoms with Gasteiger partial charge in [-0.25, -0.2) is 18.6 Å². The van der Waals surface area contributed by atoms with Crippen LogP contribution in [-0.4, -0.2) is 43.8 Å². The van der Waals surface area contributed by atoms with Crippen molar-refractivity contribution < 1.29 is 28.2 Å². The van der Waals surface area contributed by atoms with Crippen molar-refractivity contribution >= 4 is 17.6 Å². The van der Waals surface area contributed by atoms with Gasteiger partial charge in [-0.15, -0.1) is 10.2 Å². The zero-order chi connectivity index (χ0) is 20.3. The third-order valence-electron chi connectivity index (χ3n) is 3.70. The summed E-state index contributed by atoms with van der Waals surface area (Å²) in [7, 11) is 1.07. The van der Waals surface area contributed by atoms with Crippen LogP contribution in [0, 0.1) is 11.6 Å². The Kier molecular flexibility index (Phi) is 5.36. The van der Waals surface area contributed by atoms with E-state index in [1.54, 1.807) is 6.20 Å². The predicted octanol–water partition coefficient (Wildman–Crippen LogP) is 1.47. The van der Waals surface area contributed by atoms with E-state index in [9.17, 15) is 23.5 Å². The van der Waals surface area contributed by atoms with Gasteiger partial charge in [-0.2, -0.15) is 0 Å². The lowest BCUT2D eigenvalue weighted by atomic mass is 10.1. The molecule has 28 heavy (non-hydrogen) atoms. The zero-order valence-corrected chi connectivity index (χ0v) is 14.4. The van der Waals surface area contributed by atoms with Crippen LogP contribution in [0.15, 0.2) is 36.7 Å². The van der Waals surface area contributed by atoms with Crippen LogP contribution in [-0.2, 0) is 11.3 Å². The Hall–Kier alpha value is -3.73. The number of ether oxygens (including phenoxy) is 1. The number of nitrogens with one attached hydrogen (secondary N) is 1. The fourth-order valence-electron chi connectivity index (χ4n) is 2.35. The normalized spacial score (nSPS) is 10.6.